The number of rotatable bonds is 6. The van der Waals surface area contributed by atoms with Crippen LogP contribution in [-0.2, 0) is 0 Å². The molecule has 0 radical (unpaired) electrons. The minimum absolute atomic E-state index is 0.395. The maximum absolute atomic E-state index is 5.78. The van der Waals surface area contributed by atoms with E-state index >= 15 is 0 Å². The highest BCUT2D eigenvalue weighted by molar-refractivity contribution is 5.37. The fourth-order valence-corrected chi connectivity index (χ4v) is 3.22. The Morgan fingerprint density at radius 1 is 1.32 bits per heavy atom. The fraction of sp³-hybridized carbons (Fsp3) is 0.625. The van der Waals surface area contributed by atoms with Gasteiger partial charge in [-0.05, 0) is 36.3 Å². The molecule has 1 aromatic rings. The van der Waals surface area contributed by atoms with Crippen molar-refractivity contribution in [2.75, 3.05) is 6.61 Å². The van der Waals surface area contributed by atoms with Gasteiger partial charge in [-0.3, -0.25) is 11.3 Å². The van der Waals surface area contributed by atoms with Gasteiger partial charge in [-0.15, -0.1) is 0 Å². The van der Waals surface area contributed by atoms with Crippen molar-refractivity contribution in [1.29, 1.82) is 0 Å². The lowest BCUT2D eigenvalue weighted by Gasteiger charge is -2.32. The molecule has 19 heavy (non-hydrogen) atoms. The van der Waals surface area contributed by atoms with Crippen LogP contribution >= 0.6 is 0 Å². The lowest BCUT2D eigenvalue weighted by atomic mass is 9.82. The summed E-state index contributed by atoms with van der Waals surface area (Å²) < 4.78 is 5.73. The number of hydrogen-bond donors (Lipinski definition) is 2. The molecule has 0 saturated heterocycles. The summed E-state index contributed by atoms with van der Waals surface area (Å²) in [4.78, 5) is 0. The van der Waals surface area contributed by atoms with Crippen LogP contribution in [0.25, 0.3) is 0 Å². The van der Waals surface area contributed by atoms with Gasteiger partial charge in [-0.1, -0.05) is 44.9 Å². The Kier molecular flexibility index (Phi) is 5.23. The van der Waals surface area contributed by atoms with Crippen LogP contribution in [0.3, 0.4) is 0 Å². The Morgan fingerprint density at radius 2 is 2.05 bits per heavy atom. The van der Waals surface area contributed by atoms with Crippen LogP contribution in [0, 0.1) is 5.92 Å². The predicted octanol–water partition coefficient (Wildman–Crippen LogP) is 3.21. The van der Waals surface area contributed by atoms with Crippen molar-refractivity contribution in [1.82, 2.24) is 5.43 Å². The Hall–Kier alpha value is -1.06. The molecule has 0 aromatic heterocycles. The van der Waals surface area contributed by atoms with Crippen LogP contribution in [-0.4, -0.2) is 12.6 Å². The van der Waals surface area contributed by atoms with Crippen molar-refractivity contribution in [2.45, 2.75) is 51.5 Å². The predicted molar refractivity (Wildman–Crippen MR) is 79.1 cm³/mol. The van der Waals surface area contributed by atoms with Gasteiger partial charge in [0, 0.05) is 6.04 Å². The number of hydrazine groups is 1. The molecule has 3 nitrogen and oxygen atoms in total. The number of nitrogens with two attached hydrogens (primary N) is 1. The minimum Gasteiger partial charge on any atom is -0.493 e. The third-order valence-electron chi connectivity index (χ3n) is 4.45. The molecule has 3 heteroatoms. The highest BCUT2D eigenvalue weighted by atomic mass is 16.5. The Labute approximate surface area is 116 Å². The van der Waals surface area contributed by atoms with E-state index in [0.29, 0.717) is 17.9 Å². The number of hydrogen-bond acceptors (Lipinski definition) is 3. The van der Waals surface area contributed by atoms with E-state index in [-0.39, 0.29) is 0 Å². The summed E-state index contributed by atoms with van der Waals surface area (Å²) >= 11 is 0. The number of para-hydroxylation sites is 1. The molecule has 1 aliphatic heterocycles. The van der Waals surface area contributed by atoms with E-state index in [1.54, 1.807) is 0 Å². The first-order valence-corrected chi connectivity index (χ1v) is 7.47. The maximum Gasteiger partial charge on any atom is 0.122 e. The summed E-state index contributed by atoms with van der Waals surface area (Å²) in [6, 6.07) is 8.80. The maximum atomic E-state index is 5.78. The first-order chi connectivity index (χ1) is 9.30. The highest BCUT2D eigenvalue weighted by Gasteiger charge is 2.26. The van der Waals surface area contributed by atoms with Gasteiger partial charge in [0.1, 0.15) is 5.75 Å². The summed E-state index contributed by atoms with van der Waals surface area (Å²) in [5.74, 6) is 8.05. The second-order valence-electron chi connectivity index (χ2n) is 5.46. The molecule has 0 amide bonds. The number of benzene rings is 1. The van der Waals surface area contributed by atoms with Crippen LogP contribution in [0.4, 0.5) is 0 Å². The van der Waals surface area contributed by atoms with Crippen LogP contribution < -0.4 is 16.0 Å². The molecule has 0 fully saturated rings. The summed E-state index contributed by atoms with van der Waals surface area (Å²) in [7, 11) is 0. The van der Waals surface area contributed by atoms with Gasteiger partial charge in [-0.25, -0.2) is 0 Å². The first-order valence-electron chi connectivity index (χ1n) is 7.47. The van der Waals surface area contributed by atoms with Gasteiger partial charge in [0.15, 0.2) is 0 Å². The summed E-state index contributed by atoms with van der Waals surface area (Å²) in [5.41, 5.74) is 4.39. The fourth-order valence-electron chi connectivity index (χ4n) is 3.22. The molecule has 2 unspecified atom stereocenters. The second-order valence-corrected chi connectivity index (χ2v) is 5.46. The zero-order valence-corrected chi connectivity index (χ0v) is 12.1. The van der Waals surface area contributed by atoms with Gasteiger partial charge < -0.3 is 4.74 Å². The largest absolute Gasteiger partial charge is 0.493 e. The van der Waals surface area contributed by atoms with E-state index in [1.165, 1.54) is 18.4 Å². The third-order valence-corrected chi connectivity index (χ3v) is 4.45. The van der Waals surface area contributed by atoms with Crippen LogP contribution in [0.15, 0.2) is 24.3 Å². The Balaban J connectivity index is 2.10. The lowest BCUT2D eigenvalue weighted by Crippen LogP contribution is -2.42. The standard InChI is InChI=1S/C16H26N2O/c1-3-12(4-2)15(18-17)11-13-9-10-19-16-8-6-5-7-14(13)16/h5-8,12-13,15,18H,3-4,9-11,17H2,1-2H3. The van der Waals surface area contributed by atoms with E-state index < -0.39 is 0 Å². The van der Waals surface area contributed by atoms with Crippen molar-refractivity contribution < 1.29 is 4.74 Å². The van der Waals surface area contributed by atoms with Crippen molar-refractivity contribution >= 4 is 0 Å². The SMILES string of the molecule is CCC(CC)C(CC1CCOc2ccccc21)NN. The average Bonchev–Trinajstić information content (AvgIpc) is 2.47. The highest BCUT2D eigenvalue weighted by Crippen LogP contribution is 2.37. The molecule has 0 bridgehead atoms. The molecule has 0 saturated carbocycles. The molecule has 1 aliphatic rings. The van der Waals surface area contributed by atoms with Gasteiger partial charge in [0.25, 0.3) is 0 Å². The van der Waals surface area contributed by atoms with E-state index in [9.17, 15) is 0 Å². The van der Waals surface area contributed by atoms with Gasteiger partial charge >= 0.3 is 0 Å². The van der Waals surface area contributed by atoms with Crippen molar-refractivity contribution in [2.24, 2.45) is 11.8 Å². The number of nitrogens with one attached hydrogen (secondary N) is 1. The molecular weight excluding hydrogens is 236 g/mol. The first kappa shape index (κ1) is 14.4. The molecular formula is C16H26N2O. The monoisotopic (exact) mass is 262 g/mol. The minimum atomic E-state index is 0.395. The normalized spacial score (nSPS) is 19.9. The molecule has 1 heterocycles. The van der Waals surface area contributed by atoms with Crippen LogP contribution in [0.5, 0.6) is 5.75 Å². The molecule has 3 N–H and O–H groups in total. The summed E-state index contributed by atoms with van der Waals surface area (Å²) in [6.07, 6.45) is 4.55. The molecule has 2 atom stereocenters. The molecule has 2 rings (SSSR count). The third kappa shape index (κ3) is 3.28. The Morgan fingerprint density at radius 3 is 2.74 bits per heavy atom. The van der Waals surface area contributed by atoms with Crippen LogP contribution in [0.2, 0.25) is 0 Å². The topological polar surface area (TPSA) is 47.3 Å². The summed E-state index contributed by atoms with van der Waals surface area (Å²) in [5, 5.41) is 0. The molecule has 1 aromatic carbocycles. The van der Waals surface area contributed by atoms with Crippen molar-refractivity contribution in [3.63, 3.8) is 0 Å². The zero-order valence-electron chi connectivity index (χ0n) is 12.1. The smallest absolute Gasteiger partial charge is 0.122 e. The van der Waals surface area contributed by atoms with Gasteiger partial charge in [0.05, 0.1) is 6.61 Å². The van der Waals surface area contributed by atoms with E-state index in [0.717, 1.165) is 25.2 Å². The van der Waals surface area contributed by atoms with Crippen molar-refractivity contribution in [3.8, 4) is 5.75 Å². The van der Waals surface area contributed by atoms with E-state index in [1.807, 2.05) is 6.07 Å². The van der Waals surface area contributed by atoms with Gasteiger partial charge in [-0.2, -0.15) is 0 Å². The quantitative estimate of drug-likeness (QED) is 0.611. The van der Waals surface area contributed by atoms with Gasteiger partial charge in [0.2, 0.25) is 0 Å². The molecule has 106 valence electrons. The average molecular weight is 262 g/mol. The number of fused-ring (bicyclic) bond motifs is 1. The summed E-state index contributed by atoms with van der Waals surface area (Å²) in [6.45, 7) is 5.31. The second kappa shape index (κ2) is 6.92. The zero-order chi connectivity index (χ0) is 13.7. The van der Waals surface area contributed by atoms with E-state index in [4.69, 9.17) is 10.6 Å². The van der Waals surface area contributed by atoms with Crippen molar-refractivity contribution in [3.05, 3.63) is 29.8 Å². The van der Waals surface area contributed by atoms with Crippen LogP contribution in [0.1, 0.15) is 51.0 Å². The molecule has 0 spiro atoms. The lowest BCUT2D eigenvalue weighted by molar-refractivity contribution is 0.236. The Bertz CT molecular complexity index is 390. The number of ether oxygens (including phenoxy) is 1. The molecule has 0 aliphatic carbocycles. The van der Waals surface area contributed by atoms with E-state index in [2.05, 4.69) is 37.5 Å².